The van der Waals surface area contributed by atoms with Gasteiger partial charge >= 0.3 is 0 Å². The summed E-state index contributed by atoms with van der Waals surface area (Å²) in [7, 11) is 4.27. The van der Waals surface area contributed by atoms with Gasteiger partial charge in [-0.25, -0.2) is 0 Å². The summed E-state index contributed by atoms with van der Waals surface area (Å²) in [5.41, 5.74) is 0.378. The molecule has 0 aliphatic heterocycles. The third kappa shape index (κ3) is 6.16. The minimum atomic E-state index is 0.378. The van der Waals surface area contributed by atoms with Crippen molar-refractivity contribution in [2.45, 2.75) is 59.5 Å². The Labute approximate surface area is 96.4 Å². The van der Waals surface area contributed by atoms with Crippen molar-refractivity contribution in [2.24, 2.45) is 5.41 Å². The van der Waals surface area contributed by atoms with Crippen LogP contribution in [-0.2, 0) is 0 Å². The molecule has 0 spiro atoms. The maximum atomic E-state index is 3.28. The Morgan fingerprint density at radius 3 is 2.13 bits per heavy atom. The van der Waals surface area contributed by atoms with E-state index in [-0.39, 0.29) is 0 Å². The van der Waals surface area contributed by atoms with Gasteiger partial charge in [-0.3, -0.25) is 0 Å². The number of rotatable bonds is 6. The van der Waals surface area contributed by atoms with Gasteiger partial charge in [-0.2, -0.15) is 0 Å². The van der Waals surface area contributed by atoms with E-state index in [1.165, 1.54) is 19.4 Å². The van der Waals surface area contributed by atoms with Gasteiger partial charge in [-0.15, -0.1) is 0 Å². The zero-order chi connectivity index (χ0) is 12.1. The molecule has 0 aromatic carbocycles. The van der Waals surface area contributed by atoms with Gasteiger partial charge in [0, 0.05) is 12.1 Å². The zero-order valence-electron chi connectivity index (χ0n) is 11.7. The summed E-state index contributed by atoms with van der Waals surface area (Å²) in [5.74, 6) is 0. The summed E-state index contributed by atoms with van der Waals surface area (Å²) in [6, 6.07) is 1.28. The Balaban J connectivity index is 3.79. The molecule has 0 aromatic rings. The Morgan fingerprint density at radius 2 is 1.73 bits per heavy atom. The summed E-state index contributed by atoms with van der Waals surface area (Å²) < 4.78 is 0. The molecule has 0 fully saturated rings. The number of nitrogens with zero attached hydrogens (tertiary/aromatic N) is 1. The lowest BCUT2D eigenvalue weighted by atomic mass is 9.87. The molecule has 1 N–H and O–H groups in total. The molecule has 0 saturated carbocycles. The summed E-state index contributed by atoms with van der Waals surface area (Å²) in [4.78, 5) is 2.47. The van der Waals surface area contributed by atoms with Crippen LogP contribution in [0.1, 0.15) is 47.5 Å². The highest BCUT2D eigenvalue weighted by Gasteiger charge is 2.23. The molecular formula is C13H30N2. The van der Waals surface area contributed by atoms with E-state index in [4.69, 9.17) is 0 Å². The van der Waals surface area contributed by atoms with E-state index in [2.05, 4.69) is 51.9 Å². The SMILES string of the molecule is CNC(C)CCCN(C)C(C)C(C)(C)C. The fourth-order valence-corrected chi connectivity index (χ4v) is 1.65. The van der Waals surface area contributed by atoms with Crippen LogP contribution in [0.2, 0.25) is 0 Å². The van der Waals surface area contributed by atoms with E-state index < -0.39 is 0 Å². The Morgan fingerprint density at radius 1 is 1.20 bits per heavy atom. The van der Waals surface area contributed by atoms with E-state index >= 15 is 0 Å². The lowest BCUT2D eigenvalue weighted by molar-refractivity contribution is 0.138. The highest BCUT2D eigenvalue weighted by molar-refractivity contribution is 4.77. The molecular weight excluding hydrogens is 184 g/mol. The van der Waals surface area contributed by atoms with Gasteiger partial charge in [0.05, 0.1) is 0 Å². The van der Waals surface area contributed by atoms with Crippen LogP contribution in [0.5, 0.6) is 0 Å². The largest absolute Gasteiger partial charge is 0.317 e. The molecule has 2 unspecified atom stereocenters. The van der Waals surface area contributed by atoms with Crippen molar-refractivity contribution in [1.82, 2.24) is 10.2 Å². The fraction of sp³-hybridized carbons (Fsp3) is 1.00. The third-order valence-corrected chi connectivity index (χ3v) is 3.56. The van der Waals surface area contributed by atoms with Crippen LogP contribution in [0.3, 0.4) is 0 Å². The van der Waals surface area contributed by atoms with Gasteiger partial charge in [0.1, 0.15) is 0 Å². The first kappa shape index (κ1) is 14.9. The lowest BCUT2D eigenvalue weighted by Gasteiger charge is -2.35. The summed E-state index contributed by atoms with van der Waals surface area (Å²) in [6.07, 6.45) is 2.54. The third-order valence-electron chi connectivity index (χ3n) is 3.56. The average Bonchev–Trinajstić information content (AvgIpc) is 2.14. The molecule has 2 heteroatoms. The van der Waals surface area contributed by atoms with Crippen LogP contribution >= 0.6 is 0 Å². The minimum Gasteiger partial charge on any atom is -0.317 e. The van der Waals surface area contributed by atoms with Crippen molar-refractivity contribution in [3.05, 3.63) is 0 Å². The highest BCUT2D eigenvalue weighted by atomic mass is 15.1. The summed E-state index contributed by atoms with van der Waals surface area (Å²) in [6.45, 7) is 12.7. The van der Waals surface area contributed by atoms with E-state index in [1.807, 2.05) is 7.05 Å². The normalized spacial score (nSPS) is 16.8. The van der Waals surface area contributed by atoms with E-state index in [0.717, 1.165) is 0 Å². The zero-order valence-corrected chi connectivity index (χ0v) is 11.7. The summed E-state index contributed by atoms with van der Waals surface area (Å²) in [5, 5.41) is 3.28. The predicted octanol–water partition coefficient (Wildman–Crippen LogP) is 2.74. The topological polar surface area (TPSA) is 15.3 Å². The Kier molecular flexibility index (Phi) is 6.46. The van der Waals surface area contributed by atoms with Crippen LogP contribution in [0, 0.1) is 5.41 Å². The quantitative estimate of drug-likeness (QED) is 0.731. The van der Waals surface area contributed by atoms with Gasteiger partial charge in [-0.05, 0) is 52.7 Å². The van der Waals surface area contributed by atoms with Crippen molar-refractivity contribution in [3.8, 4) is 0 Å². The van der Waals surface area contributed by atoms with Crippen LogP contribution in [0.15, 0.2) is 0 Å². The number of nitrogens with one attached hydrogen (secondary N) is 1. The average molecular weight is 214 g/mol. The number of hydrogen-bond acceptors (Lipinski definition) is 2. The molecule has 2 nitrogen and oxygen atoms in total. The van der Waals surface area contributed by atoms with Gasteiger partial charge in [-0.1, -0.05) is 20.8 Å². The summed E-state index contributed by atoms with van der Waals surface area (Å²) >= 11 is 0. The molecule has 0 bridgehead atoms. The highest BCUT2D eigenvalue weighted by Crippen LogP contribution is 2.23. The first-order chi connectivity index (χ1) is 6.79. The van der Waals surface area contributed by atoms with E-state index in [1.54, 1.807) is 0 Å². The Hall–Kier alpha value is -0.0800. The van der Waals surface area contributed by atoms with Crippen molar-refractivity contribution < 1.29 is 0 Å². The second-order valence-corrected chi connectivity index (χ2v) is 5.85. The van der Waals surface area contributed by atoms with Crippen molar-refractivity contribution >= 4 is 0 Å². The first-order valence-electron chi connectivity index (χ1n) is 6.16. The molecule has 92 valence electrons. The van der Waals surface area contributed by atoms with Crippen molar-refractivity contribution in [1.29, 1.82) is 0 Å². The second-order valence-electron chi connectivity index (χ2n) is 5.85. The lowest BCUT2D eigenvalue weighted by Crippen LogP contribution is -2.40. The molecule has 15 heavy (non-hydrogen) atoms. The van der Waals surface area contributed by atoms with Crippen molar-refractivity contribution in [3.63, 3.8) is 0 Å². The fourth-order valence-electron chi connectivity index (χ4n) is 1.65. The van der Waals surface area contributed by atoms with Gasteiger partial charge in [0.25, 0.3) is 0 Å². The van der Waals surface area contributed by atoms with Crippen molar-refractivity contribution in [2.75, 3.05) is 20.6 Å². The van der Waals surface area contributed by atoms with Crippen LogP contribution in [0.4, 0.5) is 0 Å². The van der Waals surface area contributed by atoms with E-state index in [0.29, 0.717) is 17.5 Å². The molecule has 0 heterocycles. The molecule has 0 aliphatic carbocycles. The van der Waals surface area contributed by atoms with E-state index in [9.17, 15) is 0 Å². The van der Waals surface area contributed by atoms with Gasteiger partial charge in [0.15, 0.2) is 0 Å². The predicted molar refractivity (Wildman–Crippen MR) is 69.3 cm³/mol. The Bertz CT molecular complexity index is 160. The standard InChI is InChI=1S/C13H30N2/c1-11(14-6)9-8-10-15(7)12(2)13(3,4)5/h11-12,14H,8-10H2,1-7H3. The second kappa shape index (κ2) is 6.49. The van der Waals surface area contributed by atoms with Crippen LogP contribution in [0.25, 0.3) is 0 Å². The molecule has 2 atom stereocenters. The minimum absolute atomic E-state index is 0.378. The maximum absolute atomic E-state index is 3.28. The molecule has 0 aromatic heterocycles. The monoisotopic (exact) mass is 214 g/mol. The van der Waals surface area contributed by atoms with Gasteiger partial charge < -0.3 is 10.2 Å². The van der Waals surface area contributed by atoms with Gasteiger partial charge in [0.2, 0.25) is 0 Å². The number of hydrogen-bond donors (Lipinski definition) is 1. The molecule has 0 saturated heterocycles. The molecule has 0 rings (SSSR count). The van der Waals surface area contributed by atoms with Crippen LogP contribution in [-0.4, -0.2) is 37.6 Å². The smallest absolute Gasteiger partial charge is 0.0112 e. The molecule has 0 amide bonds. The first-order valence-corrected chi connectivity index (χ1v) is 6.16. The molecule has 0 radical (unpaired) electrons. The van der Waals surface area contributed by atoms with Crippen LogP contribution < -0.4 is 5.32 Å². The maximum Gasteiger partial charge on any atom is 0.0112 e. The molecule has 0 aliphatic rings.